The highest BCUT2D eigenvalue weighted by Crippen LogP contribution is 2.20. The van der Waals surface area contributed by atoms with Gasteiger partial charge >= 0.3 is 0 Å². The number of benzene rings is 2. The quantitative estimate of drug-likeness (QED) is 0.807. The van der Waals surface area contributed by atoms with E-state index in [-0.39, 0.29) is 5.91 Å². The van der Waals surface area contributed by atoms with Crippen LogP contribution in [-0.4, -0.2) is 48.4 Å². The Balaban J connectivity index is 1.42. The van der Waals surface area contributed by atoms with Crippen LogP contribution < -0.4 is 5.32 Å². The first-order chi connectivity index (χ1) is 13.6. The normalized spacial score (nSPS) is 15.6. The number of nitrogens with zero attached hydrogens (tertiary/aromatic N) is 3. The number of rotatable bonds is 6. The van der Waals surface area contributed by atoms with E-state index in [1.807, 2.05) is 42.5 Å². The molecule has 1 aliphatic rings. The van der Waals surface area contributed by atoms with Crippen molar-refractivity contribution >= 4 is 23.2 Å². The number of carbonyl (C=O) groups excluding carboxylic acids is 1. The summed E-state index contributed by atoms with van der Waals surface area (Å²) in [6.45, 7) is 5.63. The first-order valence-corrected chi connectivity index (χ1v) is 10.00. The van der Waals surface area contributed by atoms with Crippen LogP contribution in [0, 0.1) is 11.3 Å². The largest absolute Gasteiger partial charge is 0.325 e. The maximum Gasteiger partial charge on any atom is 0.225 e. The molecule has 0 saturated carbocycles. The van der Waals surface area contributed by atoms with Gasteiger partial charge in [-0.1, -0.05) is 35.9 Å². The summed E-state index contributed by atoms with van der Waals surface area (Å²) in [5.74, 6) is -0.00761. The molecule has 5 nitrogen and oxygen atoms in total. The molecule has 0 atom stereocenters. The van der Waals surface area contributed by atoms with Gasteiger partial charge in [0.25, 0.3) is 0 Å². The van der Waals surface area contributed by atoms with Crippen molar-refractivity contribution in [3.8, 4) is 6.07 Å². The fourth-order valence-corrected chi connectivity index (χ4v) is 3.57. The smallest absolute Gasteiger partial charge is 0.225 e. The van der Waals surface area contributed by atoms with Crippen LogP contribution >= 0.6 is 11.6 Å². The third-order valence-electron chi connectivity index (χ3n) is 4.97. The maximum absolute atomic E-state index is 12.2. The van der Waals surface area contributed by atoms with Gasteiger partial charge in [0.15, 0.2) is 0 Å². The van der Waals surface area contributed by atoms with Crippen LogP contribution in [0.25, 0.3) is 0 Å². The van der Waals surface area contributed by atoms with E-state index in [4.69, 9.17) is 16.9 Å². The number of hydrogen-bond donors (Lipinski definition) is 1. The average molecular weight is 397 g/mol. The van der Waals surface area contributed by atoms with E-state index in [2.05, 4.69) is 21.2 Å². The van der Waals surface area contributed by atoms with E-state index in [9.17, 15) is 4.79 Å². The predicted octanol–water partition coefficient (Wildman–Crippen LogP) is 3.75. The van der Waals surface area contributed by atoms with Crippen LogP contribution in [0.3, 0.4) is 0 Å². The summed E-state index contributed by atoms with van der Waals surface area (Å²) in [7, 11) is 0. The molecule has 0 radical (unpaired) electrons. The molecule has 0 aromatic heterocycles. The van der Waals surface area contributed by atoms with Crippen LogP contribution in [0.2, 0.25) is 5.02 Å². The first-order valence-electron chi connectivity index (χ1n) is 9.62. The second-order valence-electron chi connectivity index (χ2n) is 7.06. The molecule has 1 fully saturated rings. The topological polar surface area (TPSA) is 59.4 Å². The molecule has 1 aliphatic heterocycles. The van der Waals surface area contributed by atoms with Crippen molar-refractivity contribution in [2.75, 3.05) is 38.0 Å². The highest BCUT2D eigenvalue weighted by Gasteiger charge is 2.16. The Bertz CT molecular complexity index is 831. The van der Waals surface area contributed by atoms with Crippen molar-refractivity contribution in [3.05, 3.63) is 64.7 Å². The lowest BCUT2D eigenvalue weighted by atomic mass is 10.1. The second-order valence-corrected chi connectivity index (χ2v) is 7.47. The van der Waals surface area contributed by atoms with Gasteiger partial charge in [-0.3, -0.25) is 9.69 Å². The van der Waals surface area contributed by atoms with E-state index < -0.39 is 0 Å². The number of anilines is 1. The summed E-state index contributed by atoms with van der Waals surface area (Å²) in [4.78, 5) is 17.0. The Morgan fingerprint density at radius 2 is 1.75 bits per heavy atom. The predicted molar refractivity (Wildman–Crippen MR) is 112 cm³/mol. The van der Waals surface area contributed by atoms with E-state index >= 15 is 0 Å². The van der Waals surface area contributed by atoms with Gasteiger partial charge in [-0.25, -0.2) is 0 Å². The summed E-state index contributed by atoms with van der Waals surface area (Å²) < 4.78 is 0. The van der Waals surface area contributed by atoms with Gasteiger partial charge in [0, 0.05) is 32.6 Å². The molecule has 1 amide bonds. The molecule has 1 saturated heterocycles. The van der Waals surface area contributed by atoms with E-state index in [0.29, 0.717) is 22.7 Å². The van der Waals surface area contributed by atoms with Gasteiger partial charge in [0.2, 0.25) is 5.91 Å². The third kappa shape index (κ3) is 6.07. The fourth-order valence-electron chi connectivity index (χ4n) is 3.38. The summed E-state index contributed by atoms with van der Waals surface area (Å²) in [5, 5.41) is 12.3. The highest BCUT2D eigenvalue weighted by atomic mass is 35.5. The monoisotopic (exact) mass is 396 g/mol. The molecule has 0 aliphatic carbocycles. The van der Waals surface area contributed by atoms with Gasteiger partial charge in [-0.15, -0.1) is 0 Å². The number of para-hydroxylation sites is 1. The Kier molecular flexibility index (Phi) is 7.44. The number of hydrogen-bond acceptors (Lipinski definition) is 4. The SMILES string of the molecule is N#Cc1ccc(CN2CCCN(CCC(=O)Nc3ccccc3Cl)CC2)cc1. The highest BCUT2D eigenvalue weighted by molar-refractivity contribution is 6.33. The standard InChI is InChI=1S/C22H25ClN4O/c23-20-4-1-2-5-21(20)25-22(28)10-13-26-11-3-12-27(15-14-26)17-19-8-6-18(16-24)7-9-19/h1-2,4-9H,3,10-15,17H2,(H,25,28). The molecule has 0 bridgehead atoms. The average Bonchev–Trinajstić information content (AvgIpc) is 2.94. The molecular formula is C22H25ClN4O. The Morgan fingerprint density at radius 3 is 2.50 bits per heavy atom. The summed E-state index contributed by atoms with van der Waals surface area (Å²) in [5.41, 5.74) is 2.59. The number of halogens is 1. The lowest BCUT2D eigenvalue weighted by Crippen LogP contribution is -2.32. The molecule has 6 heteroatoms. The molecular weight excluding hydrogens is 372 g/mol. The molecule has 2 aromatic carbocycles. The van der Waals surface area contributed by atoms with Crippen molar-refractivity contribution in [2.24, 2.45) is 0 Å². The molecule has 3 rings (SSSR count). The zero-order valence-corrected chi connectivity index (χ0v) is 16.7. The van der Waals surface area contributed by atoms with Gasteiger partial charge in [-0.2, -0.15) is 5.26 Å². The third-order valence-corrected chi connectivity index (χ3v) is 5.30. The Labute approximate surface area is 171 Å². The molecule has 1 N–H and O–H groups in total. The van der Waals surface area contributed by atoms with Crippen molar-refractivity contribution in [2.45, 2.75) is 19.4 Å². The number of carbonyl (C=O) groups is 1. The van der Waals surface area contributed by atoms with E-state index in [1.165, 1.54) is 5.56 Å². The van der Waals surface area contributed by atoms with Gasteiger partial charge < -0.3 is 10.2 Å². The fraction of sp³-hybridized carbons (Fsp3) is 0.364. The van der Waals surface area contributed by atoms with Crippen LogP contribution in [-0.2, 0) is 11.3 Å². The van der Waals surface area contributed by atoms with Crippen LogP contribution in [0.15, 0.2) is 48.5 Å². The molecule has 28 heavy (non-hydrogen) atoms. The number of nitriles is 1. The van der Waals surface area contributed by atoms with Crippen molar-refractivity contribution in [1.29, 1.82) is 5.26 Å². The van der Waals surface area contributed by atoms with Crippen LogP contribution in [0.1, 0.15) is 24.0 Å². The Hall–Kier alpha value is -2.39. The van der Waals surface area contributed by atoms with E-state index in [1.54, 1.807) is 6.07 Å². The zero-order valence-electron chi connectivity index (χ0n) is 15.9. The molecule has 146 valence electrons. The lowest BCUT2D eigenvalue weighted by Gasteiger charge is -2.21. The van der Waals surface area contributed by atoms with E-state index in [0.717, 1.165) is 45.7 Å². The molecule has 1 heterocycles. The van der Waals surface area contributed by atoms with Gasteiger partial charge in [0.05, 0.1) is 22.3 Å². The zero-order chi connectivity index (χ0) is 19.8. The van der Waals surface area contributed by atoms with Crippen molar-refractivity contribution in [1.82, 2.24) is 9.80 Å². The maximum atomic E-state index is 12.2. The minimum absolute atomic E-state index is 0.00761. The Morgan fingerprint density at radius 1 is 1.04 bits per heavy atom. The van der Waals surface area contributed by atoms with Crippen molar-refractivity contribution < 1.29 is 4.79 Å². The number of amides is 1. The second kappa shape index (κ2) is 10.2. The van der Waals surface area contributed by atoms with Gasteiger partial charge in [-0.05, 0) is 49.3 Å². The first kappa shape index (κ1) is 20.3. The van der Waals surface area contributed by atoms with Gasteiger partial charge in [0.1, 0.15) is 0 Å². The molecule has 0 spiro atoms. The molecule has 2 aromatic rings. The summed E-state index contributed by atoms with van der Waals surface area (Å²) >= 11 is 6.09. The van der Waals surface area contributed by atoms with Crippen LogP contribution in [0.4, 0.5) is 5.69 Å². The lowest BCUT2D eigenvalue weighted by molar-refractivity contribution is -0.116. The number of nitrogens with one attached hydrogen (secondary N) is 1. The minimum Gasteiger partial charge on any atom is -0.325 e. The minimum atomic E-state index is -0.00761. The molecule has 0 unspecified atom stereocenters. The van der Waals surface area contributed by atoms with Crippen LogP contribution in [0.5, 0.6) is 0 Å². The summed E-state index contributed by atoms with van der Waals surface area (Å²) in [6.07, 6.45) is 1.54. The summed E-state index contributed by atoms with van der Waals surface area (Å²) in [6, 6.07) is 17.2. The van der Waals surface area contributed by atoms with Crippen molar-refractivity contribution in [3.63, 3.8) is 0 Å².